The van der Waals surface area contributed by atoms with Crippen LogP contribution in [0, 0.1) is 0 Å². The maximum absolute atomic E-state index is 12.8. The van der Waals surface area contributed by atoms with Gasteiger partial charge >= 0.3 is 5.76 Å². The summed E-state index contributed by atoms with van der Waals surface area (Å²) in [6.45, 7) is 4.33. The Morgan fingerprint density at radius 1 is 0.971 bits per heavy atom. The van der Waals surface area contributed by atoms with Gasteiger partial charge in [-0.15, -0.1) is 0 Å². The predicted molar refractivity (Wildman–Crippen MR) is 132 cm³/mol. The summed E-state index contributed by atoms with van der Waals surface area (Å²) in [6.07, 6.45) is 0. The second-order valence-electron chi connectivity index (χ2n) is 7.89. The van der Waals surface area contributed by atoms with E-state index in [0.29, 0.717) is 36.5 Å². The number of rotatable bonds is 10. The molecule has 0 N–H and O–H groups in total. The van der Waals surface area contributed by atoms with E-state index in [9.17, 15) is 18.0 Å². The Hall–Kier alpha value is -3.69. The standard InChI is InChI=1S/C26H26N2O6S/c1-3-27(4-2)35(31,32)22-14-15-23-25(16-22)34-26(30)28(23)17-24(29)20-10-12-21(13-11-20)33-18-19-8-6-5-7-9-19/h5-16H,3-4,17-18H2,1-2H3. The molecule has 0 spiro atoms. The van der Waals surface area contributed by atoms with E-state index >= 15 is 0 Å². The van der Waals surface area contributed by atoms with Crippen LogP contribution < -0.4 is 10.5 Å². The third-order valence-corrected chi connectivity index (χ3v) is 7.76. The van der Waals surface area contributed by atoms with E-state index in [1.165, 1.54) is 27.1 Å². The monoisotopic (exact) mass is 494 g/mol. The highest BCUT2D eigenvalue weighted by Gasteiger charge is 2.23. The number of aromatic nitrogens is 1. The summed E-state index contributed by atoms with van der Waals surface area (Å²) < 4.78 is 39.1. The van der Waals surface area contributed by atoms with Crippen LogP contribution in [-0.2, 0) is 23.2 Å². The minimum Gasteiger partial charge on any atom is -0.489 e. The molecule has 35 heavy (non-hydrogen) atoms. The van der Waals surface area contributed by atoms with E-state index in [1.807, 2.05) is 30.3 Å². The van der Waals surface area contributed by atoms with Gasteiger partial charge in [-0.1, -0.05) is 44.2 Å². The second-order valence-corrected chi connectivity index (χ2v) is 9.83. The van der Waals surface area contributed by atoms with Gasteiger partial charge in [0, 0.05) is 24.7 Å². The molecule has 0 radical (unpaired) electrons. The van der Waals surface area contributed by atoms with Crippen LogP contribution in [0.2, 0.25) is 0 Å². The number of carbonyl (C=O) groups is 1. The molecule has 8 nitrogen and oxygen atoms in total. The zero-order valence-electron chi connectivity index (χ0n) is 19.5. The second kappa shape index (κ2) is 10.3. The lowest BCUT2D eigenvalue weighted by Gasteiger charge is -2.18. The Morgan fingerprint density at radius 3 is 2.31 bits per heavy atom. The fraction of sp³-hybridized carbons (Fsp3) is 0.231. The van der Waals surface area contributed by atoms with Gasteiger partial charge in [0.25, 0.3) is 0 Å². The Labute approximate surface area is 203 Å². The van der Waals surface area contributed by atoms with E-state index in [0.717, 1.165) is 5.56 Å². The van der Waals surface area contributed by atoms with E-state index in [2.05, 4.69) is 0 Å². The normalized spacial score (nSPS) is 11.7. The van der Waals surface area contributed by atoms with Gasteiger partial charge in [-0.2, -0.15) is 4.31 Å². The van der Waals surface area contributed by atoms with Gasteiger partial charge in [-0.25, -0.2) is 13.2 Å². The molecule has 0 saturated heterocycles. The molecule has 3 aromatic carbocycles. The van der Waals surface area contributed by atoms with Gasteiger partial charge in [-0.3, -0.25) is 9.36 Å². The molecule has 0 amide bonds. The Morgan fingerprint density at radius 2 is 1.66 bits per heavy atom. The summed E-state index contributed by atoms with van der Waals surface area (Å²) in [6, 6.07) is 20.7. The number of ketones is 1. The van der Waals surface area contributed by atoms with Crippen LogP contribution in [0.15, 0.2) is 86.9 Å². The molecule has 182 valence electrons. The van der Waals surface area contributed by atoms with Gasteiger partial charge in [0.2, 0.25) is 10.0 Å². The van der Waals surface area contributed by atoms with Crippen molar-refractivity contribution in [2.24, 2.45) is 0 Å². The smallest absolute Gasteiger partial charge is 0.420 e. The molecule has 0 atom stereocenters. The molecule has 9 heteroatoms. The van der Waals surface area contributed by atoms with E-state index in [4.69, 9.17) is 9.15 Å². The van der Waals surface area contributed by atoms with Crippen molar-refractivity contribution in [1.82, 2.24) is 8.87 Å². The fourth-order valence-electron chi connectivity index (χ4n) is 3.78. The van der Waals surface area contributed by atoms with E-state index in [-0.39, 0.29) is 22.8 Å². The highest BCUT2D eigenvalue weighted by Crippen LogP contribution is 2.22. The van der Waals surface area contributed by atoms with Crippen molar-refractivity contribution < 1.29 is 22.4 Å². The highest BCUT2D eigenvalue weighted by molar-refractivity contribution is 7.89. The minimum absolute atomic E-state index is 0.0343. The van der Waals surface area contributed by atoms with Crippen molar-refractivity contribution in [3.05, 3.63) is 94.5 Å². The molecule has 4 aromatic rings. The van der Waals surface area contributed by atoms with Crippen LogP contribution in [0.4, 0.5) is 0 Å². The maximum Gasteiger partial charge on any atom is 0.420 e. The first-order valence-electron chi connectivity index (χ1n) is 11.3. The third-order valence-electron chi connectivity index (χ3n) is 5.71. The van der Waals surface area contributed by atoms with Crippen LogP contribution >= 0.6 is 0 Å². The van der Waals surface area contributed by atoms with E-state index in [1.54, 1.807) is 38.1 Å². The van der Waals surface area contributed by atoms with Crippen molar-refractivity contribution in [2.75, 3.05) is 13.1 Å². The molecule has 1 aromatic heterocycles. The quantitative estimate of drug-likeness (QED) is 0.308. The number of Topliss-reactive ketones (excluding diaryl/α,β-unsaturated/α-hetero) is 1. The van der Waals surface area contributed by atoms with Crippen molar-refractivity contribution >= 4 is 26.9 Å². The Bertz CT molecular complexity index is 1480. The van der Waals surface area contributed by atoms with Gasteiger partial charge in [0.15, 0.2) is 11.4 Å². The van der Waals surface area contributed by atoms with E-state index < -0.39 is 15.8 Å². The predicted octanol–water partition coefficient (Wildman–Crippen LogP) is 4.09. The number of benzene rings is 3. The van der Waals surface area contributed by atoms with Gasteiger partial charge in [0.1, 0.15) is 12.4 Å². The maximum atomic E-state index is 12.8. The van der Waals surface area contributed by atoms with Crippen LogP contribution in [0.25, 0.3) is 11.1 Å². The summed E-state index contributed by atoms with van der Waals surface area (Å²) in [5.41, 5.74) is 1.91. The molecule has 0 bridgehead atoms. The molecular weight excluding hydrogens is 468 g/mol. The largest absolute Gasteiger partial charge is 0.489 e. The number of nitrogens with zero attached hydrogens (tertiary/aromatic N) is 2. The molecule has 4 rings (SSSR count). The van der Waals surface area contributed by atoms with Crippen LogP contribution in [0.1, 0.15) is 29.8 Å². The molecule has 1 heterocycles. The topological polar surface area (TPSA) is 98.8 Å². The van der Waals surface area contributed by atoms with Crippen LogP contribution in [0.3, 0.4) is 0 Å². The minimum atomic E-state index is -3.71. The zero-order chi connectivity index (χ0) is 25.0. The first-order chi connectivity index (χ1) is 16.8. The highest BCUT2D eigenvalue weighted by atomic mass is 32.2. The van der Waals surface area contributed by atoms with Crippen LogP contribution in [0.5, 0.6) is 5.75 Å². The summed E-state index contributed by atoms with van der Waals surface area (Å²) in [5, 5.41) is 0. The SMILES string of the molecule is CCN(CC)S(=O)(=O)c1ccc2c(c1)oc(=O)n2CC(=O)c1ccc(OCc2ccccc2)cc1. The number of hydrogen-bond acceptors (Lipinski definition) is 6. The summed E-state index contributed by atoms with van der Waals surface area (Å²) in [5.74, 6) is -0.393. The number of sulfonamides is 1. The fourth-order valence-corrected chi connectivity index (χ4v) is 5.26. The average molecular weight is 495 g/mol. The third kappa shape index (κ3) is 5.21. The first kappa shape index (κ1) is 24.4. The molecular formula is C26H26N2O6S. The molecule has 0 fully saturated rings. The molecule has 0 saturated carbocycles. The number of hydrogen-bond donors (Lipinski definition) is 0. The summed E-state index contributed by atoms with van der Waals surface area (Å²) in [4.78, 5) is 25.3. The number of carbonyl (C=O) groups excluding carboxylic acids is 1. The van der Waals surface area contributed by atoms with Crippen molar-refractivity contribution in [3.63, 3.8) is 0 Å². The molecule has 0 aliphatic rings. The summed E-state index contributed by atoms with van der Waals surface area (Å²) >= 11 is 0. The van der Waals surface area contributed by atoms with Gasteiger partial charge in [0.05, 0.1) is 17.0 Å². The first-order valence-corrected chi connectivity index (χ1v) is 12.7. The van der Waals surface area contributed by atoms with Gasteiger partial charge < -0.3 is 9.15 Å². The van der Waals surface area contributed by atoms with Gasteiger partial charge in [-0.05, 0) is 42.0 Å². The molecule has 0 aliphatic heterocycles. The lowest BCUT2D eigenvalue weighted by Crippen LogP contribution is -2.30. The van der Waals surface area contributed by atoms with Crippen molar-refractivity contribution in [3.8, 4) is 5.75 Å². The lowest BCUT2D eigenvalue weighted by atomic mass is 10.1. The van der Waals surface area contributed by atoms with Crippen molar-refractivity contribution in [1.29, 1.82) is 0 Å². The van der Waals surface area contributed by atoms with Crippen molar-refractivity contribution in [2.45, 2.75) is 31.9 Å². The lowest BCUT2D eigenvalue weighted by molar-refractivity contribution is 0.0970. The molecule has 0 aliphatic carbocycles. The zero-order valence-corrected chi connectivity index (χ0v) is 20.3. The molecule has 0 unspecified atom stereocenters. The summed E-state index contributed by atoms with van der Waals surface area (Å²) in [7, 11) is -3.71. The number of fused-ring (bicyclic) bond motifs is 1. The number of ether oxygens (including phenoxy) is 1. The van der Waals surface area contributed by atoms with Crippen LogP contribution in [-0.4, -0.2) is 36.2 Å². The average Bonchev–Trinajstić information content (AvgIpc) is 3.18. The number of oxazole rings is 1. The Balaban J connectivity index is 1.50. The Kier molecular flexibility index (Phi) is 7.18.